The first kappa shape index (κ1) is 25.0. The summed E-state index contributed by atoms with van der Waals surface area (Å²) in [6.45, 7) is -0.502. The third kappa shape index (κ3) is 5.68. The first-order chi connectivity index (χ1) is 18.5. The van der Waals surface area contributed by atoms with Crippen LogP contribution in [0.5, 0.6) is 0 Å². The number of carbonyl (C=O) groups is 3. The second-order valence-electron chi connectivity index (χ2n) is 8.79. The predicted octanol–water partition coefficient (Wildman–Crippen LogP) is 5.50. The first-order valence-electron chi connectivity index (χ1n) is 12.0. The lowest BCUT2D eigenvalue weighted by molar-refractivity contribution is -0.149. The van der Waals surface area contributed by atoms with E-state index in [1.807, 2.05) is 60.7 Å². The van der Waals surface area contributed by atoms with Gasteiger partial charge in [0.15, 0.2) is 6.61 Å². The minimum Gasteiger partial charge on any atom is -0.454 e. The summed E-state index contributed by atoms with van der Waals surface area (Å²) in [4.78, 5) is 41.8. The molecule has 4 aromatic carbocycles. The van der Waals surface area contributed by atoms with E-state index in [0.29, 0.717) is 5.69 Å². The summed E-state index contributed by atoms with van der Waals surface area (Å²) in [5.74, 6) is -1.74. The van der Waals surface area contributed by atoms with Crippen molar-refractivity contribution < 1.29 is 19.1 Å². The number of fused-ring (bicyclic) bond motifs is 2. The lowest BCUT2D eigenvalue weighted by Crippen LogP contribution is -2.44. The molecular formula is C30H24ClN3O4. The van der Waals surface area contributed by atoms with Gasteiger partial charge in [-0.15, -0.1) is 0 Å². The number of aromatic nitrogens is 1. The zero-order chi connectivity index (χ0) is 26.5. The van der Waals surface area contributed by atoms with Gasteiger partial charge in [0.2, 0.25) is 0 Å². The van der Waals surface area contributed by atoms with E-state index in [1.165, 1.54) is 0 Å². The van der Waals surface area contributed by atoms with Gasteiger partial charge in [0.25, 0.3) is 11.8 Å². The minimum atomic E-state index is -1.05. The maximum atomic E-state index is 13.1. The predicted molar refractivity (Wildman–Crippen MR) is 148 cm³/mol. The smallest absolute Gasteiger partial charge is 0.329 e. The molecule has 2 amide bonds. The van der Waals surface area contributed by atoms with Gasteiger partial charge in [-0.2, -0.15) is 0 Å². The van der Waals surface area contributed by atoms with Gasteiger partial charge in [-0.3, -0.25) is 9.59 Å². The highest BCUT2D eigenvalue weighted by Gasteiger charge is 2.26. The molecule has 190 valence electrons. The molecule has 0 aliphatic carbocycles. The number of carbonyl (C=O) groups excluding carboxylic acids is 3. The fraction of sp³-hybridized carbons (Fsp3) is 0.100. The Morgan fingerprint density at radius 3 is 2.45 bits per heavy atom. The number of hydrogen-bond donors (Lipinski definition) is 3. The van der Waals surface area contributed by atoms with Crippen LogP contribution in [0.1, 0.15) is 15.9 Å². The number of H-pyrrole nitrogens is 1. The van der Waals surface area contributed by atoms with E-state index in [0.717, 1.165) is 27.2 Å². The van der Waals surface area contributed by atoms with E-state index in [4.69, 9.17) is 16.3 Å². The summed E-state index contributed by atoms with van der Waals surface area (Å²) < 4.78 is 5.34. The summed E-state index contributed by atoms with van der Waals surface area (Å²) in [7, 11) is 0. The second kappa shape index (κ2) is 11.2. The zero-order valence-electron chi connectivity index (χ0n) is 20.2. The SMILES string of the molecule is O=C(COC(=O)[C@H](Cc1c[nH]c2ccccc12)NC(=O)c1ccccc1Cl)Nc1ccc2ccccc2c1. The number of halogens is 1. The number of para-hydroxylation sites is 1. The molecule has 1 atom stereocenters. The van der Waals surface area contributed by atoms with Crippen LogP contribution in [0.2, 0.25) is 5.02 Å². The summed E-state index contributed by atoms with van der Waals surface area (Å²) >= 11 is 6.18. The van der Waals surface area contributed by atoms with Crippen LogP contribution < -0.4 is 10.6 Å². The molecule has 1 heterocycles. The normalized spacial score (nSPS) is 11.7. The van der Waals surface area contributed by atoms with Crippen molar-refractivity contribution in [1.82, 2.24) is 10.3 Å². The zero-order valence-corrected chi connectivity index (χ0v) is 21.0. The fourth-order valence-electron chi connectivity index (χ4n) is 4.30. The van der Waals surface area contributed by atoms with Gasteiger partial charge < -0.3 is 20.4 Å². The van der Waals surface area contributed by atoms with Gasteiger partial charge in [0.1, 0.15) is 6.04 Å². The van der Waals surface area contributed by atoms with E-state index < -0.39 is 30.4 Å². The van der Waals surface area contributed by atoms with Crippen LogP contribution in [0.15, 0.2) is 97.2 Å². The topological polar surface area (TPSA) is 100 Å². The Bertz CT molecular complexity index is 1650. The summed E-state index contributed by atoms with van der Waals surface area (Å²) in [5.41, 5.74) is 2.55. The van der Waals surface area contributed by atoms with Crippen LogP contribution >= 0.6 is 11.6 Å². The third-order valence-corrected chi connectivity index (χ3v) is 6.52. The van der Waals surface area contributed by atoms with Crippen LogP contribution in [0.4, 0.5) is 5.69 Å². The Hall–Kier alpha value is -4.62. The van der Waals surface area contributed by atoms with Crippen molar-refractivity contribution in [2.45, 2.75) is 12.5 Å². The first-order valence-corrected chi connectivity index (χ1v) is 12.4. The van der Waals surface area contributed by atoms with Gasteiger partial charge in [0.05, 0.1) is 10.6 Å². The van der Waals surface area contributed by atoms with Crippen molar-refractivity contribution in [2.24, 2.45) is 0 Å². The number of hydrogen-bond acceptors (Lipinski definition) is 4. The Labute approximate surface area is 223 Å². The van der Waals surface area contributed by atoms with Crippen LogP contribution in [0.25, 0.3) is 21.7 Å². The maximum absolute atomic E-state index is 13.1. The molecule has 38 heavy (non-hydrogen) atoms. The molecular weight excluding hydrogens is 502 g/mol. The molecule has 0 fully saturated rings. The highest BCUT2D eigenvalue weighted by Crippen LogP contribution is 2.21. The van der Waals surface area contributed by atoms with E-state index in [1.54, 1.807) is 36.5 Å². The third-order valence-electron chi connectivity index (χ3n) is 6.19. The van der Waals surface area contributed by atoms with Gasteiger partial charge in [-0.05, 0) is 46.7 Å². The van der Waals surface area contributed by atoms with Gasteiger partial charge in [-0.25, -0.2) is 4.79 Å². The maximum Gasteiger partial charge on any atom is 0.329 e. The molecule has 0 aliphatic heterocycles. The molecule has 0 unspecified atom stereocenters. The van der Waals surface area contributed by atoms with E-state index in [9.17, 15) is 14.4 Å². The van der Waals surface area contributed by atoms with E-state index in [-0.39, 0.29) is 17.0 Å². The Balaban J connectivity index is 1.29. The minimum absolute atomic E-state index is 0.158. The molecule has 8 heteroatoms. The van der Waals surface area contributed by atoms with Gasteiger partial charge in [-0.1, -0.05) is 72.3 Å². The molecule has 5 aromatic rings. The summed E-state index contributed by atoms with van der Waals surface area (Å²) in [5, 5.41) is 8.68. The highest BCUT2D eigenvalue weighted by molar-refractivity contribution is 6.33. The van der Waals surface area contributed by atoms with Crippen LogP contribution in [-0.4, -0.2) is 35.4 Å². The Kier molecular flexibility index (Phi) is 7.38. The van der Waals surface area contributed by atoms with Crippen molar-refractivity contribution in [3.8, 4) is 0 Å². The number of amides is 2. The molecule has 0 radical (unpaired) electrons. The number of rotatable bonds is 8. The van der Waals surface area contributed by atoms with E-state index in [2.05, 4.69) is 15.6 Å². The molecule has 0 spiro atoms. The van der Waals surface area contributed by atoms with Crippen LogP contribution in [-0.2, 0) is 20.7 Å². The second-order valence-corrected chi connectivity index (χ2v) is 9.19. The largest absolute Gasteiger partial charge is 0.454 e. The van der Waals surface area contributed by atoms with E-state index >= 15 is 0 Å². The van der Waals surface area contributed by atoms with Crippen LogP contribution in [0, 0.1) is 0 Å². The van der Waals surface area contributed by atoms with Crippen molar-refractivity contribution in [2.75, 3.05) is 11.9 Å². The molecule has 0 aliphatic rings. The summed E-state index contributed by atoms with van der Waals surface area (Å²) in [6, 6.07) is 26.5. The quantitative estimate of drug-likeness (QED) is 0.233. The summed E-state index contributed by atoms with van der Waals surface area (Å²) in [6.07, 6.45) is 1.95. The molecule has 0 bridgehead atoms. The number of benzene rings is 4. The molecule has 5 rings (SSSR count). The van der Waals surface area contributed by atoms with Crippen molar-refractivity contribution in [3.05, 3.63) is 113 Å². The molecule has 1 aromatic heterocycles. The van der Waals surface area contributed by atoms with Crippen molar-refractivity contribution in [3.63, 3.8) is 0 Å². The Morgan fingerprint density at radius 2 is 1.61 bits per heavy atom. The van der Waals surface area contributed by atoms with Crippen molar-refractivity contribution in [1.29, 1.82) is 0 Å². The number of nitrogens with one attached hydrogen (secondary N) is 3. The monoisotopic (exact) mass is 525 g/mol. The van der Waals surface area contributed by atoms with Gasteiger partial charge >= 0.3 is 5.97 Å². The average Bonchev–Trinajstić information content (AvgIpc) is 3.34. The Morgan fingerprint density at radius 1 is 0.868 bits per heavy atom. The highest BCUT2D eigenvalue weighted by atomic mass is 35.5. The van der Waals surface area contributed by atoms with Crippen molar-refractivity contribution >= 4 is 56.7 Å². The molecule has 7 nitrogen and oxygen atoms in total. The van der Waals surface area contributed by atoms with Crippen LogP contribution in [0.3, 0.4) is 0 Å². The molecule has 0 saturated heterocycles. The fourth-order valence-corrected chi connectivity index (χ4v) is 4.52. The standard InChI is InChI=1S/C30H24ClN3O4/c31-25-11-5-3-10-24(25)29(36)34-27(16-21-17-32-26-12-6-4-9-23(21)26)30(37)38-18-28(35)33-22-14-13-19-7-1-2-8-20(19)15-22/h1-15,17,27,32H,16,18H2,(H,33,35)(H,34,36)/t27-/m0/s1. The molecule has 3 N–H and O–H groups in total. The number of anilines is 1. The number of ether oxygens (including phenoxy) is 1. The number of aromatic amines is 1. The molecule has 0 saturated carbocycles. The average molecular weight is 526 g/mol. The lowest BCUT2D eigenvalue weighted by atomic mass is 10.0. The van der Waals surface area contributed by atoms with Gasteiger partial charge in [0, 0.05) is 29.2 Å². The lowest BCUT2D eigenvalue weighted by Gasteiger charge is -2.18. The number of esters is 1.